The summed E-state index contributed by atoms with van der Waals surface area (Å²) < 4.78 is 18.9. The van der Waals surface area contributed by atoms with Crippen LogP contribution in [0, 0.1) is 24.6 Å². The highest BCUT2D eigenvalue weighted by atomic mass is 32.1. The van der Waals surface area contributed by atoms with E-state index in [-0.39, 0.29) is 29.6 Å². The highest BCUT2D eigenvalue weighted by molar-refractivity contribution is 7.17. The number of Topliss-reactive ketones (excluding diaryl/α,β-unsaturated/α-hetero) is 1. The number of hydrogen-bond acceptors (Lipinski definition) is 7. The number of nitrogens with zero attached hydrogens (tertiary/aromatic N) is 3. The van der Waals surface area contributed by atoms with Crippen LogP contribution in [0.25, 0.3) is 0 Å². The van der Waals surface area contributed by atoms with Crippen LogP contribution in [0.4, 0.5) is 14.3 Å². The lowest BCUT2D eigenvalue weighted by Gasteiger charge is -2.42. The summed E-state index contributed by atoms with van der Waals surface area (Å²) >= 11 is 1.22. The van der Waals surface area contributed by atoms with Crippen molar-refractivity contribution in [1.82, 2.24) is 20.1 Å². The second-order valence-electron chi connectivity index (χ2n) is 10.8. The Hall–Kier alpha value is -2.40. The summed E-state index contributed by atoms with van der Waals surface area (Å²) in [6.07, 6.45) is 4.15. The number of ketones is 1. The Bertz CT molecular complexity index is 1100. The first-order valence-electron chi connectivity index (χ1n) is 14.1. The third-order valence-corrected chi connectivity index (χ3v) is 8.93. The molecule has 10 heteroatoms. The summed E-state index contributed by atoms with van der Waals surface area (Å²) in [5.74, 6) is 0.584. The fourth-order valence-electron chi connectivity index (χ4n) is 5.87. The highest BCUT2D eigenvalue weighted by Gasteiger charge is 2.33. The monoisotopic (exact) mass is 559 g/mol. The number of anilines is 1. The van der Waals surface area contributed by atoms with E-state index >= 15 is 0 Å². The van der Waals surface area contributed by atoms with Gasteiger partial charge in [0.2, 0.25) is 0 Å². The second kappa shape index (κ2) is 14.3. The van der Waals surface area contributed by atoms with Crippen molar-refractivity contribution in [3.63, 3.8) is 0 Å². The largest absolute Gasteiger partial charge is 0.380 e. The normalized spacial score (nSPS) is 22.5. The number of aromatic nitrogens is 1. The first kappa shape index (κ1) is 29.6. The van der Waals surface area contributed by atoms with Gasteiger partial charge in [-0.15, -0.1) is 0 Å². The van der Waals surface area contributed by atoms with Crippen molar-refractivity contribution in [2.24, 2.45) is 11.8 Å². The molecular weight excluding hydrogens is 517 g/mol. The van der Waals surface area contributed by atoms with Gasteiger partial charge in [-0.1, -0.05) is 23.5 Å². The zero-order chi connectivity index (χ0) is 27.8. The summed E-state index contributed by atoms with van der Waals surface area (Å²) in [6, 6.07) is 6.65. The summed E-state index contributed by atoms with van der Waals surface area (Å²) in [5.41, 5.74) is 1.83. The Morgan fingerprint density at radius 2 is 1.95 bits per heavy atom. The maximum Gasteiger partial charge on any atom is 0.321 e. The lowest BCUT2D eigenvalue weighted by atomic mass is 9.88. The van der Waals surface area contributed by atoms with Crippen LogP contribution in [0.1, 0.15) is 54.0 Å². The molecule has 2 aliphatic heterocycles. The van der Waals surface area contributed by atoms with Crippen LogP contribution < -0.4 is 10.6 Å². The lowest BCUT2D eigenvalue weighted by Crippen LogP contribution is -2.56. The lowest BCUT2D eigenvalue weighted by molar-refractivity contribution is 0.0605. The number of piperidine rings is 2. The Morgan fingerprint density at radius 3 is 2.67 bits per heavy atom. The molecule has 0 unspecified atom stereocenters. The van der Waals surface area contributed by atoms with Crippen molar-refractivity contribution in [3.05, 3.63) is 46.2 Å². The zero-order valence-electron chi connectivity index (χ0n) is 23.4. The number of aryl methyl sites for hydroxylation is 1. The maximum absolute atomic E-state index is 13.3. The van der Waals surface area contributed by atoms with Gasteiger partial charge in [-0.05, 0) is 69.7 Å². The van der Waals surface area contributed by atoms with E-state index in [1.165, 1.54) is 30.2 Å². The minimum atomic E-state index is -0.274. The third kappa shape index (κ3) is 8.79. The van der Waals surface area contributed by atoms with E-state index in [0.29, 0.717) is 34.8 Å². The van der Waals surface area contributed by atoms with E-state index in [0.717, 1.165) is 58.5 Å². The Balaban J connectivity index is 1.37. The number of benzene rings is 1. The maximum atomic E-state index is 13.3. The molecule has 0 bridgehead atoms. The number of halogens is 1. The van der Waals surface area contributed by atoms with E-state index in [2.05, 4.69) is 25.4 Å². The van der Waals surface area contributed by atoms with Crippen LogP contribution in [0.15, 0.2) is 24.3 Å². The van der Waals surface area contributed by atoms with Crippen molar-refractivity contribution in [1.29, 1.82) is 0 Å². The first-order valence-corrected chi connectivity index (χ1v) is 14.9. The van der Waals surface area contributed by atoms with Gasteiger partial charge in [0.1, 0.15) is 5.82 Å². The van der Waals surface area contributed by atoms with E-state index in [1.807, 2.05) is 19.1 Å². The molecule has 2 saturated heterocycles. The Labute approximate surface area is 235 Å². The van der Waals surface area contributed by atoms with Gasteiger partial charge in [-0.3, -0.25) is 10.1 Å². The molecule has 1 aromatic carbocycles. The molecule has 2 fully saturated rings. The number of urea groups is 1. The van der Waals surface area contributed by atoms with E-state index in [1.54, 1.807) is 19.1 Å². The van der Waals surface area contributed by atoms with E-state index in [4.69, 9.17) is 4.74 Å². The average Bonchev–Trinajstić information content (AvgIpc) is 3.27. The number of rotatable bonds is 11. The van der Waals surface area contributed by atoms with Crippen LogP contribution in [-0.4, -0.2) is 85.1 Å². The molecule has 0 aliphatic carbocycles. The van der Waals surface area contributed by atoms with Gasteiger partial charge in [-0.25, -0.2) is 14.2 Å². The number of nitrogens with one attached hydrogen (secondary N) is 2. The van der Waals surface area contributed by atoms with Crippen LogP contribution in [0.5, 0.6) is 0 Å². The molecule has 2 amide bonds. The van der Waals surface area contributed by atoms with Gasteiger partial charge in [0.25, 0.3) is 0 Å². The van der Waals surface area contributed by atoms with Gasteiger partial charge >= 0.3 is 6.03 Å². The van der Waals surface area contributed by atoms with E-state index < -0.39 is 0 Å². The predicted octanol–water partition coefficient (Wildman–Crippen LogP) is 4.60. The molecule has 0 spiro atoms. The third-order valence-electron chi connectivity index (χ3n) is 7.76. The minimum Gasteiger partial charge on any atom is -0.380 e. The molecule has 2 aromatic rings. The van der Waals surface area contributed by atoms with Crippen LogP contribution in [0.2, 0.25) is 0 Å². The Morgan fingerprint density at radius 1 is 1.15 bits per heavy atom. The number of carbonyl (C=O) groups is 2. The number of hydrogen-bond donors (Lipinski definition) is 2. The molecular formula is C29H42FN5O3S. The predicted molar refractivity (Wildman–Crippen MR) is 153 cm³/mol. The Kier molecular flexibility index (Phi) is 10.8. The summed E-state index contributed by atoms with van der Waals surface area (Å²) in [4.78, 5) is 34.7. The van der Waals surface area contributed by atoms with Crippen LogP contribution in [0.3, 0.4) is 0 Å². The van der Waals surface area contributed by atoms with Gasteiger partial charge in [0.05, 0.1) is 17.2 Å². The van der Waals surface area contributed by atoms with Crippen molar-refractivity contribution in [3.8, 4) is 0 Å². The molecule has 3 atom stereocenters. The molecule has 2 aliphatic rings. The number of carbonyl (C=O) groups excluding carboxylic acids is 2. The topological polar surface area (TPSA) is 86.8 Å². The molecule has 1 aromatic heterocycles. The molecule has 0 radical (unpaired) electrons. The minimum absolute atomic E-state index is 0.0409. The molecule has 4 rings (SSSR count). The molecule has 0 saturated carbocycles. The molecule has 8 nitrogen and oxygen atoms in total. The average molecular weight is 560 g/mol. The number of likely N-dealkylation sites (tertiary alicyclic amines) is 2. The summed E-state index contributed by atoms with van der Waals surface area (Å²) in [6.45, 7) is 12.4. The fraction of sp³-hybridized carbons (Fsp3) is 0.621. The molecule has 214 valence electrons. The fourth-order valence-corrected chi connectivity index (χ4v) is 6.73. The quantitative estimate of drug-likeness (QED) is 0.309. The smallest absolute Gasteiger partial charge is 0.321 e. The molecule has 3 heterocycles. The molecule has 39 heavy (non-hydrogen) atoms. The SMILES string of the molecule is CCOCCN1CC[C@@H](NC(=O)Nc2nc(C)c(C(C)=O)s2)[C@H](CN2CCC[C@@H](Cc3ccc(F)cc3)C2)C1. The van der Waals surface area contributed by atoms with Gasteiger partial charge < -0.3 is 19.9 Å². The van der Waals surface area contributed by atoms with Crippen LogP contribution >= 0.6 is 11.3 Å². The second-order valence-corrected chi connectivity index (χ2v) is 11.8. The first-order chi connectivity index (χ1) is 18.8. The van der Waals surface area contributed by atoms with Gasteiger partial charge in [0.15, 0.2) is 10.9 Å². The van der Waals surface area contributed by atoms with Crippen molar-refractivity contribution >= 4 is 28.3 Å². The zero-order valence-corrected chi connectivity index (χ0v) is 24.2. The number of amides is 2. The van der Waals surface area contributed by atoms with Gasteiger partial charge in [0, 0.05) is 58.2 Å². The number of thiazole rings is 1. The number of ether oxygens (including phenoxy) is 1. The summed E-state index contributed by atoms with van der Waals surface area (Å²) in [7, 11) is 0. The van der Waals surface area contributed by atoms with Crippen LogP contribution in [-0.2, 0) is 11.2 Å². The van der Waals surface area contributed by atoms with E-state index in [9.17, 15) is 14.0 Å². The van der Waals surface area contributed by atoms with Crippen molar-refractivity contribution in [2.75, 3.05) is 57.8 Å². The highest BCUT2D eigenvalue weighted by Crippen LogP contribution is 2.26. The standard InChI is InChI=1S/C29H42FN5O3S/c1-4-38-15-14-34-13-11-26(32-28(37)33-29-31-20(2)27(39-29)21(3)36)24(18-34)19-35-12-5-6-23(17-35)16-22-7-9-25(30)10-8-22/h7-10,23-24,26H,4-6,11-19H2,1-3H3,(H2,31,32,33,37)/t23-,24-,26+/m0/s1. The van der Waals surface area contributed by atoms with Crippen molar-refractivity contribution < 1.29 is 18.7 Å². The van der Waals surface area contributed by atoms with Gasteiger partial charge in [-0.2, -0.15) is 0 Å². The van der Waals surface area contributed by atoms with Crippen molar-refractivity contribution in [2.45, 2.75) is 52.5 Å². The summed E-state index contributed by atoms with van der Waals surface area (Å²) in [5, 5.41) is 6.52. The molecule has 2 N–H and O–H groups in total.